The molecule has 0 spiro atoms. The third kappa shape index (κ3) is 3.46. The van der Waals surface area contributed by atoms with Crippen LogP contribution in [0.15, 0.2) is 37.4 Å². The van der Waals surface area contributed by atoms with Crippen molar-refractivity contribution >= 4 is 5.69 Å². The molecule has 1 rings (SSSR count). The van der Waals surface area contributed by atoms with Crippen LogP contribution >= 0.6 is 0 Å². The van der Waals surface area contributed by atoms with Crippen molar-refractivity contribution in [3.05, 3.63) is 43.0 Å². The Labute approximate surface area is 68.8 Å². The number of anilines is 1. The van der Waals surface area contributed by atoms with Crippen LogP contribution in [0.3, 0.4) is 0 Å². The lowest BCUT2D eigenvalue weighted by Crippen LogP contribution is -1.85. The van der Waals surface area contributed by atoms with Gasteiger partial charge in [-0.2, -0.15) is 0 Å². The fourth-order valence-electron chi connectivity index (χ4n) is 0.720. The van der Waals surface area contributed by atoms with Crippen LogP contribution in [-0.4, -0.2) is 7.05 Å². The Kier molecular flexibility index (Phi) is 4.91. The van der Waals surface area contributed by atoms with Crippen LogP contribution < -0.4 is 5.32 Å². The van der Waals surface area contributed by atoms with Crippen molar-refractivity contribution in [2.45, 2.75) is 6.92 Å². The third-order valence-electron chi connectivity index (χ3n) is 1.34. The maximum absolute atomic E-state index is 3.05. The normalized spacial score (nSPS) is 7.82. The fraction of sp³-hybridized carbons (Fsp3) is 0.200. The Hall–Kier alpha value is -1.24. The molecule has 0 aliphatic heterocycles. The van der Waals surface area contributed by atoms with Crippen molar-refractivity contribution in [1.82, 2.24) is 0 Å². The summed E-state index contributed by atoms with van der Waals surface area (Å²) in [5, 5.41) is 3.05. The molecular formula is C10H15N. The topological polar surface area (TPSA) is 12.0 Å². The van der Waals surface area contributed by atoms with E-state index in [1.165, 1.54) is 11.3 Å². The Balaban J connectivity index is 0.000000461. The second kappa shape index (κ2) is 5.54. The van der Waals surface area contributed by atoms with Gasteiger partial charge in [0.25, 0.3) is 0 Å². The van der Waals surface area contributed by atoms with Gasteiger partial charge in [0, 0.05) is 12.7 Å². The van der Waals surface area contributed by atoms with Crippen LogP contribution in [0, 0.1) is 6.92 Å². The highest BCUT2D eigenvalue weighted by Crippen LogP contribution is 2.06. The zero-order chi connectivity index (χ0) is 8.69. The number of rotatable bonds is 1. The van der Waals surface area contributed by atoms with E-state index in [0.29, 0.717) is 0 Å². The molecule has 1 aromatic carbocycles. The van der Waals surface area contributed by atoms with Gasteiger partial charge in [-0.05, 0) is 19.1 Å². The molecule has 0 atom stereocenters. The molecule has 0 aromatic heterocycles. The highest BCUT2D eigenvalue weighted by molar-refractivity contribution is 5.43. The first-order chi connectivity index (χ1) is 5.33. The van der Waals surface area contributed by atoms with Gasteiger partial charge in [-0.3, -0.25) is 0 Å². The van der Waals surface area contributed by atoms with Crippen molar-refractivity contribution in [2.75, 3.05) is 12.4 Å². The molecule has 1 nitrogen and oxygen atoms in total. The summed E-state index contributed by atoms with van der Waals surface area (Å²) in [6, 6.07) is 8.31. The summed E-state index contributed by atoms with van der Waals surface area (Å²) in [4.78, 5) is 0. The summed E-state index contributed by atoms with van der Waals surface area (Å²) in [5.74, 6) is 0. The van der Waals surface area contributed by atoms with Gasteiger partial charge >= 0.3 is 0 Å². The van der Waals surface area contributed by atoms with Crippen LogP contribution in [0.2, 0.25) is 0 Å². The molecule has 0 radical (unpaired) electrons. The largest absolute Gasteiger partial charge is 0.388 e. The van der Waals surface area contributed by atoms with Gasteiger partial charge in [0.05, 0.1) is 0 Å². The van der Waals surface area contributed by atoms with Crippen molar-refractivity contribution < 1.29 is 0 Å². The molecule has 1 N–H and O–H groups in total. The zero-order valence-electron chi connectivity index (χ0n) is 7.22. The summed E-state index contributed by atoms with van der Waals surface area (Å²) in [7, 11) is 1.92. The van der Waals surface area contributed by atoms with Crippen LogP contribution in [0.4, 0.5) is 5.69 Å². The van der Waals surface area contributed by atoms with E-state index in [1.54, 1.807) is 0 Å². The molecule has 1 heteroatoms. The number of aryl methyl sites for hydroxylation is 1. The van der Waals surface area contributed by atoms with Crippen LogP contribution in [-0.2, 0) is 0 Å². The molecule has 0 saturated heterocycles. The van der Waals surface area contributed by atoms with Gasteiger partial charge in [-0.25, -0.2) is 0 Å². The summed E-state index contributed by atoms with van der Waals surface area (Å²) in [6.45, 7) is 8.08. The predicted octanol–water partition coefficient (Wildman–Crippen LogP) is 2.84. The summed E-state index contributed by atoms with van der Waals surface area (Å²) < 4.78 is 0. The first kappa shape index (κ1) is 9.76. The molecule has 0 fully saturated rings. The Morgan fingerprint density at radius 2 is 1.55 bits per heavy atom. The fourth-order valence-corrected chi connectivity index (χ4v) is 0.720. The Morgan fingerprint density at radius 1 is 1.09 bits per heavy atom. The lowest BCUT2D eigenvalue weighted by atomic mass is 10.2. The van der Waals surface area contributed by atoms with E-state index in [1.807, 2.05) is 7.05 Å². The van der Waals surface area contributed by atoms with Crippen LogP contribution in [0.1, 0.15) is 5.56 Å². The van der Waals surface area contributed by atoms with Gasteiger partial charge in [-0.15, -0.1) is 13.2 Å². The minimum Gasteiger partial charge on any atom is -0.388 e. The van der Waals surface area contributed by atoms with E-state index < -0.39 is 0 Å². The molecule has 11 heavy (non-hydrogen) atoms. The first-order valence-corrected chi connectivity index (χ1v) is 3.57. The number of hydrogen-bond donors (Lipinski definition) is 1. The Morgan fingerprint density at radius 3 is 1.91 bits per heavy atom. The van der Waals surface area contributed by atoms with Crippen LogP contribution in [0.25, 0.3) is 0 Å². The van der Waals surface area contributed by atoms with E-state index in [0.717, 1.165) is 0 Å². The molecule has 0 amide bonds. The minimum atomic E-state index is 1.17. The van der Waals surface area contributed by atoms with Crippen LogP contribution in [0.5, 0.6) is 0 Å². The van der Waals surface area contributed by atoms with E-state index >= 15 is 0 Å². The molecule has 0 heterocycles. The second-order valence-corrected chi connectivity index (χ2v) is 2.12. The standard InChI is InChI=1S/C8H11N.C2H4/c1-7-3-5-8(9-2)6-4-7;1-2/h3-6,9H,1-2H3;1-2H2. The number of hydrogen-bond acceptors (Lipinski definition) is 1. The molecule has 60 valence electrons. The molecule has 0 bridgehead atoms. The minimum absolute atomic E-state index is 1.17. The predicted molar refractivity (Wildman–Crippen MR) is 52.0 cm³/mol. The SMILES string of the molecule is C=C.CNc1ccc(C)cc1. The third-order valence-corrected chi connectivity index (χ3v) is 1.34. The second-order valence-electron chi connectivity index (χ2n) is 2.12. The van der Waals surface area contributed by atoms with Gasteiger partial charge < -0.3 is 5.32 Å². The smallest absolute Gasteiger partial charge is 0.0337 e. The Bertz CT molecular complexity index is 189. The van der Waals surface area contributed by atoms with Crippen molar-refractivity contribution in [3.8, 4) is 0 Å². The monoisotopic (exact) mass is 149 g/mol. The van der Waals surface area contributed by atoms with E-state index in [2.05, 4.69) is 49.7 Å². The first-order valence-electron chi connectivity index (χ1n) is 3.57. The summed E-state index contributed by atoms with van der Waals surface area (Å²) in [5.41, 5.74) is 2.47. The van der Waals surface area contributed by atoms with Gasteiger partial charge in [0.2, 0.25) is 0 Å². The molecule has 0 aliphatic rings. The lowest BCUT2D eigenvalue weighted by molar-refractivity contribution is 1.44. The molecule has 0 saturated carbocycles. The van der Waals surface area contributed by atoms with Gasteiger partial charge in [0.15, 0.2) is 0 Å². The molecular weight excluding hydrogens is 134 g/mol. The van der Waals surface area contributed by atoms with Gasteiger partial charge in [0.1, 0.15) is 0 Å². The van der Waals surface area contributed by atoms with Crippen molar-refractivity contribution in [2.24, 2.45) is 0 Å². The highest BCUT2D eigenvalue weighted by Gasteiger charge is 1.83. The van der Waals surface area contributed by atoms with Crippen molar-refractivity contribution in [3.63, 3.8) is 0 Å². The van der Waals surface area contributed by atoms with Crippen molar-refractivity contribution in [1.29, 1.82) is 0 Å². The summed E-state index contributed by atoms with van der Waals surface area (Å²) >= 11 is 0. The quantitative estimate of drug-likeness (QED) is 0.605. The van der Waals surface area contributed by atoms with Gasteiger partial charge in [-0.1, -0.05) is 17.7 Å². The number of benzene rings is 1. The van der Waals surface area contributed by atoms with E-state index in [-0.39, 0.29) is 0 Å². The highest BCUT2D eigenvalue weighted by atomic mass is 14.8. The maximum Gasteiger partial charge on any atom is 0.0337 e. The lowest BCUT2D eigenvalue weighted by Gasteiger charge is -1.97. The van der Waals surface area contributed by atoms with E-state index in [4.69, 9.17) is 0 Å². The zero-order valence-corrected chi connectivity index (χ0v) is 7.22. The van der Waals surface area contributed by atoms with E-state index in [9.17, 15) is 0 Å². The summed E-state index contributed by atoms with van der Waals surface area (Å²) in [6.07, 6.45) is 0. The molecule has 0 aliphatic carbocycles. The number of nitrogens with one attached hydrogen (secondary N) is 1. The molecule has 1 aromatic rings. The maximum atomic E-state index is 3.05. The average Bonchev–Trinajstić information content (AvgIpc) is 2.10. The molecule has 0 unspecified atom stereocenters. The average molecular weight is 149 g/mol.